The van der Waals surface area contributed by atoms with Crippen LogP contribution in [-0.4, -0.2) is 6.36 Å². The molecule has 1 heterocycles. The highest BCUT2D eigenvalue weighted by Crippen LogP contribution is 2.39. The van der Waals surface area contributed by atoms with Gasteiger partial charge in [0.05, 0.1) is 16.8 Å². The maximum absolute atomic E-state index is 12.2. The highest BCUT2D eigenvalue weighted by atomic mass is 35.5. The number of hydrogen-bond donors (Lipinski definition) is 0. The second-order valence-corrected chi connectivity index (χ2v) is 3.55. The van der Waals surface area contributed by atoms with Crippen molar-refractivity contribution in [2.75, 3.05) is 0 Å². The Morgan fingerprint density at radius 2 is 1.88 bits per heavy atom. The molecule has 0 spiro atoms. The monoisotopic (exact) mass is 262 g/mol. The lowest BCUT2D eigenvalue weighted by atomic mass is 10.1. The van der Waals surface area contributed by atoms with E-state index in [0.29, 0.717) is 0 Å². The molecular formula is C11H6ClF3O2. The fraction of sp³-hybridized carbons (Fsp3) is 0.0909. The van der Waals surface area contributed by atoms with Gasteiger partial charge in [-0.2, -0.15) is 0 Å². The number of hydrogen-bond acceptors (Lipinski definition) is 2. The number of furan rings is 1. The van der Waals surface area contributed by atoms with Crippen molar-refractivity contribution >= 4 is 11.6 Å². The first-order chi connectivity index (χ1) is 7.97. The summed E-state index contributed by atoms with van der Waals surface area (Å²) in [5, 5.41) is -0.128. The van der Waals surface area contributed by atoms with Gasteiger partial charge in [-0.05, 0) is 24.3 Å². The molecule has 0 atom stereocenters. The van der Waals surface area contributed by atoms with Crippen LogP contribution < -0.4 is 4.74 Å². The van der Waals surface area contributed by atoms with E-state index < -0.39 is 12.1 Å². The molecule has 6 heteroatoms. The molecule has 2 rings (SSSR count). The van der Waals surface area contributed by atoms with Gasteiger partial charge in [0.15, 0.2) is 5.75 Å². The first-order valence-corrected chi connectivity index (χ1v) is 4.93. The van der Waals surface area contributed by atoms with Crippen LogP contribution in [0.15, 0.2) is 41.0 Å². The molecule has 0 N–H and O–H groups in total. The Kier molecular flexibility index (Phi) is 3.02. The molecule has 90 valence electrons. The summed E-state index contributed by atoms with van der Waals surface area (Å²) >= 11 is 5.69. The predicted molar refractivity (Wildman–Crippen MR) is 55.8 cm³/mol. The molecule has 0 saturated carbocycles. The van der Waals surface area contributed by atoms with E-state index in [1.54, 1.807) is 6.07 Å². The van der Waals surface area contributed by atoms with Crippen LogP contribution in [0, 0.1) is 0 Å². The summed E-state index contributed by atoms with van der Waals surface area (Å²) < 4.78 is 45.6. The van der Waals surface area contributed by atoms with Gasteiger partial charge in [-0.1, -0.05) is 17.7 Å². The Morgan fingerprint density at radius 1 is 1.12 bits per heavy atom. The Hall–Kier alpha value is -1.62. The normalized spacial score (nSPS) is 11.5. The SMILES string of the molecule is FC(F)(F)Oc1c(Cl)cccc1-c1ccco1. The molecule has 2 nitrogen and oxygen atoms in total. The van der Waals surface area contributed by atoms with Gasteiger partial charge in [0.2, 0.25) is 0 Å². The Labute approximate surface area is 99.6 Å². The Morgan fingerprint density at radius 3 is 2.47 bits per heavy atom. The summed E-state index contributed by atoms with van der Waals surface area (Å²) in [6.07, 6.45) is -3.44. The number of benzene rings is 1. The fourth-order valence-corrected chi connectivity index (χ4v) is 1.57. The van der Waals surface area contributed by atoms with Gasteiger partial charge >= 0.3 is 6.36 Å². The summed E-state index contributed by atoms with van der Waals surface area (Å²) in [5.41, 5.74) is 0.153. The zero-order valence-electron chi connectivity index (χ0n) is 8.29. The van der Waals surface area contributed by atoms with Crippen molar-refractivity contribution in [1.82, 2.24) is 0 Å². The highest BCUT2D eigenvalue weighted by Gasteiger charge is 2.33. The minimum atomic E-state index is -4.80. The predicted octanol–water partition coefficient (Wildman–Crippen LogP) is 4.50. The van der Waals surface area contributed by atoms with Gasteiger partial charge < -0.3 is 9.15 Å². The van der Waals surface area contributed by atoms with E-state index in [9.17, 15) is 13.2 Å². The van der Waals surface area contributed by atoms with Crippen molar-refractivity contribution in [3.63, 3.8) is 0 Å². The highest BCUT2D eigenvalue weighted by molar-refractivity contribution is 6.32. The van der Waals surface area contributed by atoms with E-state index in [2.05, 4.69) is 4.74 Å². The van der Waals surface area contributed by atoms with Crippen molar-refractivity contribution in [3.05, 3.63) is 41.6 Å². The first kappa shape index (κ1) is 11.9. The number of halogens is 4. The van der Waals surface area contributed by atoms with Crippen molar-refractivity contribution in [2.45, 2.75) is 6.36 Å². The maximum Gasteiger partial charge on any atom is 0.573 e. The van der Waals surface area contributed by atoms with Crippen molar-refractivity contribution in [3.8, 4) is 17.1 Å². The summed E-state index contributed by atoms with van der Waals surface area (Å²) in [6, 6.07) is 7.35. The lowest BCUT2D eigenvalue weighted by Gasteiger charge is -2.13. The third-order valence-corrected chi connectivity index (χ3v) is 2.27. The quantitative estimate of drug-likeness (QED) is 0.795. The van der Waals surface area contributed by atoms with Crippen molar-refractivity contribution in [1.29, 1.82) is 0 Å². The molecule has 0 aliphatic heterocycles. The lowest BCUT2D eigenvalue weighted by Crippen LogP contribution is -2.17. The Bertz CT molecular complexity index is 506. The van der Waals surface area contributed by atoms with E-state index in [1.165, 1.54) is 30.5 Å². The summed E-state index contributed by atoms with van der Waals surface area (Å²) in [7, 11) is 0. The van der Waals surface area contributed by atoms with Gasteiger partial charge in [0.1, 0.15) is 5.76 Å². The largest absolute Gasteiger partial charge is 0.573 e. The summed E-state index contributed by atoms with van der Waals surface area (Å²) in [6.45, 7) is 0. The van der Waals surface area contributed by atoms with Gasteiger partial charge in [0, 0.05) is 0 Å². The minimum absolute atomic E-state index is 0.128. The van der Waals surface area contributed by atoms with E-state index in [0.717, 1.165) is 0 Å². The van der Waals surface area contributed by atoms with Crippen molar-refractivity contribution < 1.29 is 22.3 Å². The minimum Gasteiger partial charge on any atom is -0.464 e. The number of rotatable bonds is 2. The number of para-hydroxylation sites is 1. The van der Waals surface area contributed by atoms with E-state index in [1.807, 2.05) is 0 Å². The van der Waals surface area contributed by atoms with Crippen LogP contribution in [0.1, 0.15) is 0 Å². The third-order valence-electron chi connectivity index (χ3n) is 1.97. The fourth-order valence-electron chi connectivity index (χ4n) is 1.35. The molecule has 2 aromatic rings. The second-order valence-electron chi connectivity index (χ2n) is 3.14. The van der Waals surface area contributed by atoms with E-state index in [4.69, 9.17) is 16.0 Å². The molecule has 0 unspecified atom stereocenters. The van der Waals surface area contributed by atoms with Gasteiger partial charge in [-0.15, -0.1) is 13.2 Å². The van der Waals surface area contributed by atoms with Crippen molar-refractivity contribution in [2.24, 2.45) is 0 Å². The molecule has 0 aliphatic carbocycles. The van der Waals surface area contributed by atoms with Crippen LogP contribution in [0.3, 0.4) is 0 Å². The Balaban J connectivity index is 2.49. The average molecular weight is 263 g/mol. The molecule has 0 bridgehead atoms. The standard InChI is InChI=1S/C11H6ClF3O2/c12-8-4-1-3-7(9-5-2-6-16-9)10(8)17-11(13,14)15/h1-6H. The van der Waals surface area contributed by atoms with E-state index >= 15 is 0 Å². The molecule has 0 fully saturated rings. The van der Waals surface area contributed by atoms with Gasteiger partial charge in [-0.25, -0.2) is 0 Å². The van der Waals surface area contributed by atoms with Crippen LogP contribution in [0.2, 0.25) is 5.02 Å². The van der Waals surface area contributed by atoms with Crippen LogP contribution in [0.4, 0.5) is 13.2 Å². The zero-order chi connectivity index (χ0) is 12.5. The molecule has 0 amide bonds. The van der Waals surface area contributed by atoms with Crippen LogP contribution in [0.25, 0.3) is 11.3 Å². The van der Waals surface area contributed by atoms with Gasteiger partial charge in [0.25, 0.3) is 0 Å². The van der Waals surface area contributed by atoms with Gasteiger partial charge in [-0.3, -0.25) is 0 Å². The molecule has 17 heavy (non-hydrogen) atoms. The molecule has 1 aromatic carbocycles. The average Bonchev–Trinajstić information content (AvgIpc) is 2.72. The maximum atomic E-state index is 12.2. The van der Waals surface area contributed by atoms with Crippen LogP contribution in [-0.2, 0) is 0 Å². The van der Waals surface area contributed by atoms with Crippen LogP contribution >= 0.6 is 11.6 Å². The molecule has 0 saturated heterocycles. The summed E-state index contributed by atoms with van der Waals surface area (Å²) in [5.74, 6) is -0.205. The lowest BCUT2D eigenvalue weighted by molar-refractivity contribution is -0.274. The number of ether oxygens (including phenoxy) is 1. The van der Waals surface area contributed by atoms with E-state index in [-0.39, 0.29) is 16.3 Å². The molecule has 0 radical (unpaired) electrons. The number of alkyl halides is 3. The molecule has 0 aliphatic rings. The zero-order valence-corrected chi connectivity index (χ0v) is 9.05. The molecular weight excluding hydrogens is 257 g/mol. The first-order valence-electron chi connectivity index (χ1n) is 4.55. The van der Waals surface area contributed by atoms with Crippen LogP contribution in [0.5, 0.6) is 5.75 Å². The second kappa shape index (κ2) is 4.33. The molecule has 1 aromatic heterocycles. The summed E-state index contributed by atoms with van der Waals surface area (Å²) in [4.78, 5) is 0. The third kappa shape index (κ3) is 2.74. The smallest absolute Gasteiger partial charge is 0.464 e. The topological polar surface area (TPSA) is 22.4 Å².